The molecule has 2 aliphatic rings. The summed E-state index contributed by atoms with van der Waals surface area (Å²) in [7, 11) is 0. The van der Waals surface area contributed by atoms with Gasteiger partial charge in [-0.1, -0.05) is 24.3 Å². The van der Waals surface area contributed by atoms with E-state index in [-0.39, 0.29) is 11.9 Å². The van der Waals surface area contributed by atoms with Crippen LogP contribution < -0.4 is 0 Å². The van der Waals surface area contributed by atoms with Gasteiger partial charge in [0.25, 0.3) is 5.91 Å². The maximum Gasteiger partial charge on any atom is 0.272 e. The average Bonchev–Trinajstić information content (AvgIpc) is 3.35. The first-order valence-electron chi connectivity index (χ1n) is 10.4. The molecule has 2 bridgehead atoms. The number of hydrogen-bond acceptors (Lipinski definition) is 4. The van der Waals surface area contributed by atoms with Crippen LogP contribution in [0.2, 0.25) is 0 Å². The quantitative estimate of drug-likeness (QED) is 0.685. The van der Waals surface area contributed by atoms with Crippen molar-refractivity contribution in [1.82, 2.24) is 19.8 Å². The highest BCUT2D eigenvalue weighted by molar-refractivity contribution is 5.96. The molecule has 0 spiro atoms. The molecule has 0 radical (unpaired) electrons. The summed E-state index contributed by atoms with van der Waals surface area (Å²) in [5.41, 5.74) is 4.27. The summed E-state index contributed by atoms with van der Waals surface area (Å²) in [6.07, 6.45) is 4.76. The molecule has 5 heteroatoms. The third kappa shape index (κ3) is 3.01. The van der Waals surface area contributed by atoms with Gasteiger partial charge >= 0.3 is 0 Å². The second-order valence-corrected chi connectivity index (χ2v) is 8.40. The number of aromatic nitrogens is 2. The molecule has 2 aromatic heterocycles. The lowest BCUT2D eigenvalue weighted by atomic mass is 10.0. The summed E-state index contributed by atoms with van der Waals surface area (Å²) in [4.78, 5) is 26.6. The van der Waals surface area contributed by atoms with Gasteiger partial charge in [0, 0.05) is 54.7 Å². The van der Waals surface area contributed by atoms with E-state index in [2.05, 4.69) is 41.7 Å². The number of piperazine rings is 1. The molecule has 3 aromatic rings. The monoisotopic (exact) mass is 386 g/mol. The number of hydrogen-bond donors (Lipinski definition) is 0. The number of aryl methyl sites for hydroxylation is 1. The van der Waals surface area contributed by atoms with Gasteiger partial charge in [0.2, 0.25) is 0 Å². The molecule has 1 aromatic carbocycles. The smallest absolute Gasteiger partial charge is 0.272 e. The molecule has 0 unspecified atom stereocenters. The molecule has 2 saturated heterocycles. The van der Waals surface area contributed by atoms with Gasteiger partial charge in [-0.15, -0.1) is 0 Å². The van der Waals surface area contributed by atoms with Crippen molar-refractivity contribution in [2.24, 2.45) is 0 Å². The molecule has 29 heavy (non-hydrogen) atoms. The second-order valence-electron chi connectivity index (χ2n) is 8.40. The van der Waals surface area contributed by atoms with Gasteiger partial charge in [0.05, 0.1) is 0 Å². The predicted octanol–water partition coefficient (Wildman–Crippen LogP) is 3.91. The van der Waals surface area contributed by atoms with Crippen LogP contribution >= 0.6 is 0 Å². The van der Waals surface area contributed by atoms with Crippen molar-refractivity contribution in [3.63, 3.8) is 0 Å². The Balaban J connectivity index is 1.34. The van der Waals surface area contributed by atoms with Gasteiger partial charge in [0.15, 0.2) is 0 Å². The number of carbonyl (C=O) groups is 1. The van der Waals surface area contributed by atoms with Crippen molar-refractivity contribution in [2.75, 3.05) is 13.1 Å². The number of benzene rings is 1. The highest BCUT2D eigenvalue weighted by atomic mass is 16.2. The lowest BCUT2D eigenvalue weighted by Gasteiger charge is -2.38. The minimum Gasteiger partial charge on any atom is -0.331 e. The van der Waals surface area contributed by atoms with Crippen molar-refractivity contribution in [2.45, 2.75) is 45.3 Å². The van der Waals surface area contributed by atoms with E-state index in [1.54, 1.807) is 6.20 Å². The zero-order chi connectivity index (χ0) is 20.1. The molecule has 5 rings (SSSR count). The van der Waals surface area contributed by atoms with Crippen LogP contribution in [-0.2, 0) is 0 Å². The largest absolute Gasteiger partial charge is 0.331 e. The zero-order valence-electron chi connectivity index (χ0n) is 17.2. The minimum atomic E-state index is 0.0616. The van der Waals surface area contributed by atoms with E-state index in [9.17, 15) is 4.79 Å². The van der Waals surface area contributed by atoms with Gasteiger partial charge in [0.1, 0.15) is 5.69 Å². The summed E-state index contributed by atoms with van der Waals surface area (Å²) in [5.74, 6) is 0.0616. The molecular weight excluding hydrogens is 360 g/mol. The van der Waals surface area contributed by atoms with E-state index < -0.39 is 0 Å². The summed E-state index contributed by atoms with van der Waals surface area (Å²) >= 11 is 0. The Morgan fingerprint density at radius 3 is 2.62 bits per heavy atom. The minimum absolute atomic E-state index is 0.0616. The van der Waals surface area contributed by atoms with Crippen LogP contribution in [0.4, 0.5) is 0 Å². The molecule has 1 amide bonds. The maximum atomic E-state index is 13.2. The maximum absolute atomic E-state index is 13.2. The molecule has 5 nitrogen and oxygen atoms in total. The molecule has 3 atom stereocenters. The van der Waals surface area contributed by atoms with Crippen molar-refractivity contribution < 1.29 is 4.79 Å². The van der Waals surface area contributed by atoms with Gasteiger partial charge in [-0.3, -0.25) is 19.7 Å². The van der Waals surface area contributed by atoms with E-state index in [4.69, 9.17) is 0 Å². The summed E-state index contributed by atoms with van der Waals surface area (Å²) in [6.45, 7) is 8.21. The normalized spacial score (nSPS) is 22.4. The fourth-order valence-corrected chi connectivity index (χ4v) is 5.06. The van der Waals surface area contributed by atoms with Gasteiger partial charge in [-0.05, 0) is 55.8 Å². The Bertz CT molecular complexity index is 1100. The van der Waals surface area contributed by atoms with Gasteiger partial charge in [-0.25, -0.2) is 0 Å². The van der Waals surface area contributed by atoms with Crippen molar-refractivity contribution >= 4 is 16.7 Å². The molecule has 4 heterocycles. The number of rotatable bonds is 3. The Hall–Kier alpha value is -2.79. The summed E-state index contributed by atoms with van der Waals surface area (Å²) in [5, 5.41) is 2.13. The van der Waals surface area contributed by atoms with Crippen LogP contribution in [0, 0.1) is 13.8 Å². The van der Waals surface area contributed by atoms with E-state index in [1.165, 1.54) is 11.1 Å². The van der Waals surface area contributed by atoms with Crippen LogP contribution in [-0.4, -0.2) is 50.8 Å². The Morgan fingerprint density at radius 2 is 1.86 bits per heavy atom. The second kappa shape index (κ2) is 6.92. The number of amides is 1. The molecular formula is C24H26N4O. The number of nitrogens with zero attached hydrogens (tertiary/aromatic N) is 4. The van der Waals surface area contributed by atoms with E-state index in [0.717, 1.165) is 36.0 Å². The highest BCUT2D eigenvalue weighted by Crippen LogP contribution is 2.38. The fourth-order valence-electron chi connectivity index (χ4n) is 5.06. The fraction of sp³-hybridized carbons (Fsp3) is 0.375. The van der Waals surface area contributed by atoms with Crippen LogP contribution in [0.25, 0.3) is 10.8 Å². The van der Waals surface area contributed by atoms with Crippen LogP contribution in [0.3, 0.4) is 0 Å². The molecule has 0 N–H and O–H groups in total. The summed E-state index contributed by atoms with van der Waals surface area (Å²) < 4.78 is 0. The molecule has 2 fully saturated rings. The standard InChI is InChI=1S/C24H26N4O/c1-15-16(2)25-9-8-22(15)17(3)27-13-21-11-20(27)14-28(21)24(29)23-10-18-6-4-5-7-19(18)12-26-23/h4-10,12,17,20-21H,11,13-14H2,1-3H3/t17-,20+,21+/m0/s1. The summed E-state index contributed by atoms with van der Waals surface area (Å²) in [6, 6.07) is 13.1. The zero-order valence-corrected chi connectivity index (χ0v) is 17.2. The van der Waals surface area contributed by atoms with Crippen LogP contribution in [0.1, 0.15) is 46.7 Å². The number of fused-ring (bicyclic) bond motifs is 3. The Labute approximate surface area is 171 Å². The van der Waals surface area contributed by atoms with Crippen molar-refractivity contribution in [1.29, 1.82) is 0 Å². The van der Waals surface area contributed by atoms with E-state index in [1.807, 2.05) is 41.4 Å². The average molecular weight is 386 g/mol. The van der Waals surface area contributed by atoms with Crippen molar-refractivity contribution in [3.8, 4) is 0 Å². The Morgan fingerprint density at radius 1 is 1.07 bits per heavy atom. The highest BCUT2D eigenvalue weighted by Gasteiger charge is 2.47. The lowest BCUT2D eigenvalue weighted by Crippen LogP contribution is -2.49. The number of likely N-dealkylation sites (tertiary alicyclic amines) is 2. The van der Waals surface area contributed by atoms with Crippen LogP contribution in [0.5, 0.6) is 0 Å². The molecule has 0 aliphatic carbocycles. The van der Waals surface area contributed by atoms with Gasteiger partial charge in [-0.2, -0.15) is 0 Å². The number of pyridine rings is 2. The number of carbonyl (C=O) groups excluding carboxylic acids is 1. The molecule has 0 saturated carbocycles. The third-order valence-corrected chi connectivity index (χ3v) is 6.84. The predicted molar refractivity (Wildman–Crippen MR) is 114 cm³/mol. The Kier molecular flexibility index (Phi) is 4.36. The van der Waals surface area contributed by atoms with E-state index >= 15 is 0 Å². The van der Waals surface area contributed by atoms with Crippen LogP contribution in [0.15, 0.2) is 48.8 Å². The first-order chi connectivity index (χ1) is 14.0. The molecule has 2 aliphatic heterocycles. The first-order valence-corrected chi connectivity index (χ1v) is 10.4. The topological polar surface area (TPSA) is 49.3 Å². The third-order valence-electron chi connectivity index (χ3n) is 6.84. The SMILES string of the molecule is Cc1nccc([C@H](C)N2C[C@H]3C[C@@H]2CN3C(=O)c2cc3ccccc3cn2)c1C. The first kappa shape index (κ1) is 18.3. The lowest BCUT2D eigenvalue weighted by molar-refractivity contribution is 0.0563. The van der Waals surface area contributed by atoms with Crippen molar-refractivity contribution in [3.05, 3.63) is 71.3 Å². The molecule has 148 valence electrons. The van der Waals surface area contributed by atoms with E-state index in [0.29, 0.717) is 17.8 Å². The van der Waals surface area contributed by atoms with Gasteiger partial charge < -0.3 is 4.90 Å².